The van der Waals surface area contributed by atoms with Crippen molar-refractivity contribution < 1.29 is 4.79 Å². The zero-order valence-corrected chi connectivity index (χ0v) is 16.7. The Kier molecular flexibility index (Phi) is 5.72. The number of hydrogen-bond acceptors (Lipinski definition) is 4. The molecule has 0 radical (unpaired) electrons. The van der Waals surface area contributed by atoms with Crippen molar-refractivity contribution in [1.29, 1.82) is 0 Å². The van der Waals surface area contributed by atoms with Gasteiger partial charge in [0.25, 0.3) is 0 Å². The Bertz CT molecular complexity index is 1030. The van der Waals surface area contributed by atoms with Crippen LogP contribution in [-0.4, -0.2) is 26.3 Å². The summed E-state index contributed by atoms with van der Waals surface area (Å²) in [5, 5.41) is 7.41. The fourth-order valence-corrected chi connectivity index (χ4v) is 3.74. The molecule has 144 valence electrons. The highest BCUT2D eigenvalue weighted by molar-refractivity contribution is 8.00. The molecule has 1 N–H and O–H groups in total. The molecule has 0 fully saturated rings. The molecule has 4 aromatic rings. The largest absolute Gasteiger partial charge is 0.280 e. The van der Waals surface area contributed by atoms with Crippen LogP contribution < -0.4 is 4.90 Å². The lowest BCUT2D eigenvalue weighted by atomic mass is 10.2. The van der Waals surface area contributed by atoms with Gasteiger partial charge in [0.15, 0.2) is 5.82 Å². The molecular formula is C23H20N4OS. The number of thioether (sulfide) groups is 1. The van der Waals surface area contributed by atoms with Crippen molar-refractivity contribution >= 4 is 29.0 Å². The van der Waals surface area contributed by atoms with E-state index in [1.165, 1.54) is 11.8 Å². The van der Waals surface area contributed by atoms with Gasteiger partial charge in [-0.3, -0.25) is 14.8 Å². The maximum Gasteiger partial charge on any atom is 0.244 e. The predicted octanol–water partition coefficient (Wildman–Crippen LogP) is 5.32. The summed E-state index contributed by atoms with van der Waals surface area (Å²) in [4.78, 5) is 19.6. The third kappa shape index (κ3) is 4.38. The van der Waals surface area contributed by atoms with Crippen LogP contribution in [0.1, 0.15) is 6.92 Å². The topological polar surface area (TPSA) is 61.9 Å². The van der Waals surface area contributed by atoms with E-state index < -0.39 is 0 Å². The van der Waals surface area contributed by atoms with Gasteiger partial charge in [0.05, 0.1) is 5.25 Å². The quantitative estimate of drug-likeness (QED) is 0.445. The second-order valence-electron chi connectivity index (χ2n) is 6.44. The third-order valence-corrected chi connectivity index (χ3v) is 5.34. The van der Waals surface area contributed by atoms with Crippen molar-refractivity contribution in [2.75, 3.05) is 4.90 Å². The van der Waals surface area contributed by atoms with Crippen molar-refractivity contribution in [3.05, 3.63) is 91.0 Å². The predicted molar refractivity (Wildman–Crippen MR) is 117 cm³/mol. The van der Waals surface area contributed by atoms with Crippen LogP contribution in [0.5, 0.6) is 0 Å². The van der Waals surface area contributed by atoms with Crippen LogP contribution in [-0.2, 0) is 4.79 Å². The van der Waals surface area contributed by atoms with Crippen molar-refractivity contribution in [2.24, 2.45) is 0 Å². The van der Waals surface area contributed by atoms with Crippen LogP contribution >= 0.6 is 11.8 Å². The molecule has 0 aliphatic carbocycles. The Morgan fingerprint density at radius 1 is 0.862 bits per heavy atom. The Morgan fingerprint density at radius 2 is 1.38 bits per heavy atom. The van der Waals surface area contributed by atoms with Crippen LogP contribution in [0.15, 0.2) is 96.2 Å². The van der Waals surface area contributed by atoms with E-state index in [1.807, 2.05) is 97.9 Å². The van der Waals surface area contributed by atoms with Gasteiger partial charge in [-0.1, -0.05) is 78.5 Å². The average molecular weight is 401 g/mol. The number of aromatic nitrogens is 3. The van der Waals surface area contributed by atoms with E-state index in [2.05, 4.69) is 15.2 Å². The second-order valence-corrected chi connectivity index (χ2v) is 7.75. The van der Waals surface area contributed by atoms with E-state index in [0.717, 1.165) is 16.9 Å². The molecule has 0 saturated heterocycles. The second kappa shape index (κ2) is 8.75. The van der Waals surface area contributed by atoms with Gasteiger partial charge in [-0.15, -0.1) is 5.10 Å². The Morgan fingerprint density at radius 3 is 1.93 bits per heavy atom. The number of amides is 1. The fraction of sp³-hybridized carbons (Fsp3) is 0.0870. The molecule has 6 heteroatoms. The van der Waals surface area contributed by atoms with Crippen molar-refractivity contribution in [2.45, 2.75) is 17.3 Å². The number of nitrogens with one attached hydrogen (secondary N) is 1. The molecule has 5 nitrogen and oxygen atoms in total. The molecule has 1 amide bonds. The highest BCUT2D eigenvalue weighted by Gasteiger charge is 2.25. The normalized spacial score (nSPS) is 11.8. The highest BCUT2D eigenvalue weighted by Crippen LogP contribution is 2.30. The number of benzene rings is 3. The first-order chi connectivity index (χ1) is 14.2. The summed E-state index contributed by atoms with van der Waals surface area (Å²) in [7, 11) is 0. The van der Waals surface area contributed by atoms with Crippen LogP contribution in [0.4, 0.5) is 11.4 Å². The minimum atomic E-state index is -0.366. The number of para-hydroxylation sites is 2. The van der Waals surface area contributed by atoms with Crippen molar-refractivity contribution in [3.8, 4) is 11.4 Å². The van der Waals surface area contributed by atoms with E-state index in [0.29, 0.717) is 11.0 Å². The van der Waals surface area contributed by atoms with E-state index >= 15 is 0 Å². The zero-order chi connectivity index (χ0) is 20.1. The first-order valence-electron chi connectivity index (χ1n) is 9.31. The number of carbonyl (C=O) groups is 1. The lowest BCUT2D eigenvalue weighted by Gasteiger charge is -2.25. The standard InChI is InChI=1S/C23H20N4OS/c1-17(29-23-24-21(25-26-23)18-11-5-2-6-12-18)22(28)27(19-13-7-3-8-14-19)20-15-9-4-10-16-20/h2-17H,1H3,(H,24,25,26)/t17-/m0/s1. The summed E-state index contributed by atoms with van der Waals surface area (Å²) in [6.07, 6.45) is 0. The number of H-pyrrole nitrogens is 1. The molecule has 29 heavy (non-hydrogen) atoms. The smallest absolute Gasteiger partial charge is 0.244 e. The molecule has 3 aromatic carbocycles. The lowest BCUT2D eigenvalue weighted by molar-refractivity contribution is -0.117. The van der Waals surface area contributed by atoms with E-state index in [4.69, 9.17) is 0 Å². The Hall–Kier alpha value is -3.38. The molecule has 0 unspecified atom stereocenters. The number of nitrogens with zero attached hydrogens (tertiary/aromatic N) is 3. The van der Waals surface area contributed by atoms with E-state index in [9.17, 15) is 4.79 Å². The van der Waals surface area contributed by atoms with Crippen molar-refractivity contribution in [3.63, 3.8) is 0 Å². The van der Waals surface area contributed by atoms with E-state index in [-0.39, 0.29) is 11.2 Å². The van der Waals surface area contributed by atoms with Gasteiger partial charge in [-0.25, -0.2) is 4.98 Å². The monoisotopic (exact) mass is 400 g/mol. The lowest BCUT2D eigenvalue weighted by Crippen LogP contribution is -2.32. The number of carbonyl (C=O) groups excluding carboxylic acids is 1. The van der Waals surface area contributed by atoms with Crippen LogP contribution in [0, 0.1) is 0 Å². The average Bonchev–Trinajstić information content (AvgIpc) is 3.24. The number of anilines is 2. The molecule has 1 heterocycles. The van der Waals surface area contributed by atoms with Gasteiger partial charge >= 0.3 is 0 Å². The highest BCUT2D eigenvalue weighted by atomic mass is 32.2. The first-order valence-corrected chi connectivity index (χ1v) is 10.2. The number of hydrogen-bond donors (Lipinski definition) is 1. The zero-order valence-electron chi connectivity index (χ0n) is 15.9. The van der Waals surface area contributed by atoms with Gasteiger partial charge in [0.2, 0.25) is 11.1 Å². The Labute approximate surface area is 173 Å². The number of aromatic amines is 1. The van der Waals surface area contributed by atoms with Gasteiger partial charge < -0.3 is 0 Å². The van der Waals surface area contributed by atoms with Gasteiger partial charge in [-0.05, 0) is 31.2 Å². The molecule has 0 spiro atoms. The van der Waals surface area contributed by atoms with Crippen molar-refractivity contribution in [1.82, 2.24) is 15.2 Å². The summed E-state index contributed by atoms with van der Waals surface area (Å²) in [5.41, 5.74) is 2.62. The molecule has 0 saturated carbocycles. The molecule has 0 bridgehead atoms. The minimum absolute atomic E-state index is 0.0292. The number of rotatable bonds is 6. The maximum atomic E-state index is 13.4. The van der Waals surface area contributed by atoms with Gasteiger partial charge in [0.1, 0.15) is 0 Å². The summed E-state index contributed by atoms with van der Waals surface area (Å²) >= 11 is 1.34. The van der Waals surface area contributed by atoms with Crippen LogP contribution in [0.2, 0.25) is 0 Å². The molecule has 4 rings (SSSR count). The fourth-order valence-electron chi connectivity index (χ4n) is 2.97. The van der Waals surface area contributed by atoms with Gasteiger partial charge in [-0.2, -0.15) is 0 Å². The summed E-state index contributed by atoms with van der Waals surface area (Å²) < 4.78 is 0. The third-order valence-electron chi connectivity index (χ3n) is 4.39. The summed E-state index contributed by atoms with van der Waals surface area (Å²) in [5.74, 6) is 0.661. The van der Waals surface area contributed by atoms with Crippen LogP contribution in [0.25, 0.3) is 11.4 Å². The van der Waals surface area contributed by atoms with E-state index in [1.54, 1.807) is 4.90 Å². The molecular weight excluding hydrogens is 380 g/mol. The van der Waals surface area contributed by atoms with Gasteiger partial charge in [0, 0.05) is 16.9 Å². The first kappa shape index (κ1) is 19.0. The SMILES string of the molecule is C[C@H](Sc1n[nH]c(-c2ccccc2)n1)C(=O)N(c1ccccc1)c1ccccc1. The molecule has 1 atom stereocenters. The van der Waals surface area contributed by atoms with Crippen LogP contribution in [0.3, 0.4) is 0 Å². The summed E-state index contributed by atoms with van der Waals surface area (Å²) in [6, 6.07) is 29.1. The minimum Gasteiger partial charge on any atom is -0.280 e. The maximum absolute atomic E-state index is 13.4. The molecule has 0 aliphatic heterocycles. The Balaban J connectivity index is 1.56. The molecule has 0 aliphatic rings. The molecule has 1 aromatic heterocycles. The summed E-state index contributed by atoms with van der Waals surface area (Å²) in [6.45, 7) is 1.88.